The molecule has 1 aromatic heterocycles. The maximum Gasteiger partial charge on any atom is 0.326 e. The Bertz CT molecular complexity index is 550. The number of nitrogens with zero attached hydrogens (tertiary/aromatic N) is 1. The molecule has 1 aromatic rings. The second-order valence-electron chi connectivity index (χ2n) is 6.10. The zero-order valence-corrected chi connectivity index (χ0v) is 12.2. The van der Waals surface area contributed by atoms with E-state index in [9.17, 15) is 14.7 Å². The number of aliphatic carboxylic acids is 1. The predicted octanol–water partition coefficient (Wildman–Crippen LogP) is 2.56. The largest absolute Gasteiger partial charge is 0.480 e. The van der Waals surface area contributed by atoms with Crippen LogP contribution >= 0.6 is 0 Å². The number of fused-ring (bicyclic) bond motifs is 1. The highest BCUT2D eigenvalue weighted by Crippen LogP contribution is 2.42. The third-order valence-corrected chi connectivity index (χ3v) is 4.86. The summed E-state index contributed by atoms with van der Waals surface area (Å²) in [5, 5.41) is 9.53. The molecule has 5 nitrogen and oxygen atoms in total. The molecule has 1 aliphatic heterocycles. The molecule has 114 valence electrons. The van der Waals surface area contributed by atoms with Crippen molar-refractivity contribution < 1.29 is 19.1 Å². The van der Waals surface area contributed by atoms with Gasteiger partial charge in [-0.25, -0.2) is 4.79 Å². The molecule has 0 spiro atoms. The zero-order valence-electron chi connectivity index (χ0n) is 12.2. The lowest BCUT2D eigenvalue weighted by Crippen LogP contribution is -2.43. The predicted molar refractivity (Wildman–Crippen MR) is 76.0 cm³/mol. The molecule has 3 atom stereocenters. The molecule has 0 radical (unpaired) electrons. The maximum absolute atomic E-state index is 12.8. The van der Waals surface area contributed by atoms with Gasteiger partial charge in [-0.05, 0) is 37.2 Å². The van der Waals surface area contributed by atoms with Gasteiger partial charge in [-0.15, -0.1) is 0 Å². The number of aryl methyl sites for hydroxylation is 1. The van der Waals surface area contributed by atoms with Gasteiger partial charge >= 0.3 is 5.97 Å². The first-order chi connectivity index (χ1) is 10.1. The minimum absolute atomic E-state index is 0.118. The average molecular weight is 291 g/mol. The smallest absolute Gasteiger partial charge is 0.326 e. The lowest BCUT2D eigenvalue weighted by molar-refractivity contribution is -0.142. The number of carboxylic acids is 1. The molecular formula is C16H21NO4. The number of carbonyl (C=O) groups is 2. The fourth-order valence-corrected chi connectivity index (χ4v) is 3.94. The topological polar surface area (TPSA) is 70.8 Å². The summed E-state index contributed by atoms with van der Waals surface area (Å²) in [6.07, 6.45) is 6.14. The normalized spacial score (nSPS) is 27.9. The number of furan rings is 1. The van der Waals surface area contributed by atoms with Crippen molar-refractivity contribution in [1.29, 1.82) is 0 Å². The Kier molecular flexibility index (Phi) is 3.74. The van der Waals surface area contributed by atoms with Crippen LogP contribution in [0.25, 0.3) is 0 Å². The monoisotopic (exact) mass is 291 g/mol. The third kappa shape index (κ3) is 2.34. The molecule has 2 heterocycles. The van der Waals surface area contributed by atoms with Gasteiger partial charge in [0.15, 0.2) is 0 Å². The van der Waals surface area contributed by atoms with Crippen molar-refractivity contribution in [1.82, 2.24) is 4.90 Å². The van der Waals surface area contributed by atoms with E-state index in [0.29, 0.717) is 30.2 Å². The number of likely N-dealkylation sites (tertiary alicyclic amines) is 1. The summed E-state index contributed by atoms with van der Waals surface area (Å²) >= 11 is 0. The van der Waals surface area contributed by atoms with Crippen LogP contribution in [-0.2, 0) is 11.2 Å². The molecule has 1 N–H and O–H groups in total. The number of rotatable bonds is 4. The second kappa shape index (κ2) is 5.54. The Morgan fingerprint density at radius 2 is 2.24 bits per heavy atom. The minimum Gasteiger partial charge on any atom is -0.480 e. The molecule has 0 bridgehead atoms. The Morgan fingerprint density at radius 3 is 2.95 bits per heavy atom. The van der Waals surface area contributed by atoms with E-state index >= 15 is 0 Å². The molecule has 0 aromatic carbocycles. The minimum atomic E-state index is -0.877. The van der Waals surface area contributed by atoms with Crippen molar-refractivity contribution in [3.8, 4) is 0 Å². The SMILES string of the molecule is CCCc1occc1C(=O)N1C[C@@H]2CCC[C@H]2[C@H]1C(=O)O. The van der Waals surface area contributed by atoms with Gasteiger partial charge in [-0.1, -0.05) is 13.3 Å². The summed E-state index contributed by atoms with van der Waals surface area (Å²) in [6, 6.07) is 0.995. The highest BCUT2D eigenvalue weighted by Gasteiger charge is 2.49. The first-order valence-electron chi connectivity index (χ1n) is 7.73. The number of carboxylic acid groups (broad SMARTS) is 1. The van der Waals surface area contributed by atoms with Gasteiger partial charge in [0.1, 0.15) is 11.8 Å². The molecular weight excluding hydrogens is 270 g/mol. The van der Waals surface area contributed by atoms with Crippen molar-refractivity contribution in [2.45, 2.75) is 45.1 Å². The molecule has 3 rings (SSSR count). The van der Waals surface area contributed by atoms with E-state index in [1.54, 1.807) is 11.0 Å². The Morgan fingerprint density at radius 1 is 1.43 bits per heavy atom. The Labute approximate surface area is 123 Å². The van der Waals surface area contributed by atoms with Crippen molar-refractivity contribution in [3.05, 3.63) is 23.7 Å². The molecule has 0 unspecified atom stereocenters. The van der Waals surface area contributed by atoms with E-state index in [0.717, 1.165) is 25.7 Å². The summed E-state index contributed by atoms with van der Waals surface area (Å²) in [6.45, 7) is 2.59. The molecule has 1 amide bonds. The lowest BCUT2D eigenvalue weighted by Gasteiger charge is -2.24. The molecule has 2 fully saturated rings. The van der Waals surface area contributed by atoms with Gasteiger partial charge in [0.25, 0.3) is 5.91 Å². The van der Waals surface area contributed by atoms with Crippen LogP contribution in [0.5, 0.6) is 0 Å². The average Bonchev–Trinajstić information content (AvgIpc) is 3.11. The van der Waals surface area contributed by atoms with Crippen molar-refractivity contribution in [3.63, 3.8) is 0 Å². The van der Waals surface area contributed by atoms with E-state index in [4.69, 9.17) is 4.42 Å². The first-order valence-corrected chi connectivity index (χ1v) is 7.73. The van der Waals surface area contributed by atoms with E-state index < -0.39 is 12.0 Å². The van der Waals surface area contributed by atoms with Gasteiger partial charge in [-0.3, -0.25) is 4.79 Å². The third-order valence-electron chi connectivity index (χ3n) is 4.86. The van der Waals surface area contributed by atoms with Crippen LogP contribution < -0.4 is 0 Å². The fourth-order valence-electron chi connectivity index (χ4n) is 3.94. The number of amides is 1. The summed E-state index contributed by atoms with van der Waals surface area (Å²) in [4.78, 5) is 25.9. The van der Waals surface area contributed by atoms with Crippen LogP contribution in [0.1, 0.15) is 48.7 Å². The second-order valence-corrected chi connectivity index (χ2v) is 6.10. The molecule has 1 saturated carbocycles. The van der Waals surface area contributed by atoms with Crippen LogP contribution in [0, 0.1) is 11.8 Å². The van der Waals surface area contributed by atoms with Gasteiger partial charge in [-0.2, -0.15) is 0 Å². The summed E-state index contributed by atoms with van der Waals surface area (Å²) in [5.74, 6) is 0.0699. The van der Waals surface area contributed by atoms with Crippen LogP contribution in [0.15, 0.2) is 16.7 Å². The highest BCUT2D eigenvalue weighted by molar-refractivity contribution is 5.98. The zero-order chi connectivity index (χ0) is 15.0. The van der Waals surface area contributed by atoms with E-state index in [1.807, 2.05) is 6.92 Å². The van der Waals surface area contributed by atoms with Gasteiger partial charge < -0.3 is 14.4 Å². The van der Waals surface area contributed by atoms with Gasteiger partial charge in [0, 0.05) is 13.0 Å². The van der Waals surface area contributed by atoms with Gasteiger partial charge in [0.05, 0.1) is 11.8 Å². The van der Waals surface area contributed by atoms with E-state index in [-0.39, 0.29) is 11.8 Å². The van der Waals surface area contributed by atoms with E-state index in [2.05, 4.69) is 0 Å². The summed E-state index contributed by atoms with van der Waals surface area (Å²) < 4.78 is 5.38. The first kappa shape index (κ1) is 14.2. The highest BCUT2D eigenvalue weighted by atomic mass is 16.4. The number of hydrogen-bond acceptors (Lipinski definition) is 3. The van der Waals surface area contributed by atoms with Crippen molar-refractivity contribution in [2.24, 2.45) is 11.8 Å². The molecule has 5 heteroatoms. The number of hydrogen-bond donors (Lipinski definition) is 1. The van der Waals surface area contributed by atoms with Crippen LogP contribution in [-0.4, -0.2) is 34.5 Å². The Hall–Kier alpha value is -1.78. The maximum atomic E-state index is 12.8. The summed E-state index contributed by atoms with van der Waals surface area (Å²) in [7, 11) is 0. The van der Waals surface area contributed by atoms with E-state index in [1.165, 1.54) is 6.26 Å². The number of carbonyl (C=O) groups excluding carboxylic acids is 1. The summed E-state index contributed by atoms with van der Waals surface area (Å²) in [5.41, 5.74) is 0.531. The van der Waals surface area contributed by atoms with Crippen molar-refractivity contribution >= 4 is 11.9 Å². The molecule has 1 aliphatic carbocycles. The van der Waals surface area contributed by atoms with Crippen LogP contribution in [0.2, 0.25) is 0 Å². The van der Waals surface area contributed by atoms with Crippen LogP contribution in [0.3, 0.4) is 0 Å². The fraction of sp³-hybridized carbons (Fsp3) is 0.625. The quantitative estimate of drug-likeness (QED) is 0.925. The molecule has 2 aliphatic rings. The lowest BCUT2D eigenvalue weighted by atomic mass is 9.94. The van der Waals surface area contributed by atoms with Gasteiger partial charge in [0.2, 0.25) is 0 Å². The molecule has 1 saturated heterocycles. The van der Waals surface area contributed by atoms with Crippen LogP contribution in [0.4, 0.5) is 0 Å². The Balaban J connectivity index is 1.86. The standard InChI is InChI=1S/C16H21NO4/c1-2-4-13-12(7-8-21-13)15(18)17-9-10-5-3-6-11(10)14(17)16(19)20/h7-8,10-11,14H,2-6,9H2,1H3,(H,19,20)/t10-,11+,14-/m0/s1. The van der Waals surface area contributed by atoms with Crippen molar-refractivity contribution in [2.75, 3.05) is 6.54 Å². The molecule has 21 heavy (non-hydrogen) atoms.